The zero-order valence-electron chi connectivity index (χ0n) is 9.70. The van der Waals surface area contributed by atoms with Crippen molar-refractivity contribution in [2.75, 3.05) is 19.7 Å². The number of nitrogens with one attached hydrogen (secondary N) is 1. The van der Waals surface area contributed by atoms with E-state index in [9.17, 15) is 4.79 Å². The minimum absolute atomic E-state index is 0.139. The molecule has 0 aliphatic heterocycles. The normalized spacial score (nSPS) is 10.3. The van der Waals surface area contributed by atoms with Crippen LogP contribution in [0.25, 0.3) is 0 Å². The van der Waals surface area contributed by atoms with Crippen molar-refractivity contribution in [3.63, 3.8) is 0 Å². The molecule has 0 fully saturated rings. The van der Waals surface area contributed by atoms with Gasteiger partial charge in [-0.2, -0.15) is 0 Å². The molecule has 0 bridgehead atoms. The lowest BCUT2D eigenvalue weighted by Gasteiger charge is -2.05. The third-order valence-corrected chi connectivity index (χ3v) is 3.02. The summed E-state index contributed by atoms with van der Waals surface area (Å²) in [6.45, 7) is 4.37. The van der Waals surface area contributed by atoms with Crippen molar-refractivity contribution in [2.45, 2.75) is 26.2 Å². The average molecular weight is 241 g/mol. The van der Waals surface area contributed by atoms with E-state index in [0.29, 0.717) is 13.0 Å². The van der Waals surface area contributed by atoms with Crippen LogP contribution in [0, 0.1) is 0 Å². The Labute approximate surface area is 101 Å². The van der Waals surface area contributed by atoms with Crippen LogP contribution in [0.5, 0.6) is 0 Å². The fraction of sp³-hybridized carbons (Fsp3) is 0.583. The van der Waals surface area contributed by atoms with Gasteiger partial charge in [-0.25, -0.2) is 0 Å². The highest BCUT2D eigenvalue weighted by Crippen LogP contribution is 2.09. The van der Waals surface area contributed by atoms with Crippen LogP contribution in [-0.4, -0.2) is 25.7 Å². The zero-order valence-corrected chi connectivity index (χ0v) is 10.5. The van der Waals surface area contributed by atoms with Crippen molar-refractivity contribution in [3.8, 4) is 0 Å². The predicted octanol–water partition coefficient (Wildman–Crippen LogP) is 2.22. The van der Waals surface area contributed by atoms with Crippen molar-refractivity contribution in [1.29, 1.82) is 0 Å². The van der Waals surface area contributed by atoms with Gasteiger partial charge in [0.1, 0.15) is 6.61 Å². The molecule has 0 spiro atoms. The molecule has 0 unspecified atom stereocenters. The first-order valence-corrected chi connectivity index (χ1v) is 6.59. The topological polar surface area (TPSA) is 38.3 Å². The molecule has 3 nitrogen and oxygen atoms in total. The molecule has 0 aliphatic carbocycles. The van der Waals surface area contributed by atoms with E-state index in [1.165, 1.54) is 12.8 Å². The average Bonchev–Trinajstić information content (AvgIpc) is 2.76. The molecule has 1 heterocycles. The van der Waals surface area contributed by atoms with Crippen molar-refractivity contribution >= 4 is 17.3 Å². The fourth-order valence-corrected chi connectivity index (χ4v) is 1.96. The van der Waals surface area contributed by atoms with Gasteiger partial charge in [-0.05, 0) is 24.4 Å². The van der Waals surface area contributed by atoms with Gasteiger partial charge in [0, 0.05) is 11.4 Å². The molecule has 0 amide bonds. The second-order valence-electron chi connectivity index (χ2n) is 3.58. The number of hydrogen-bond acceptors (Lipinski definition) is 4. The number of rotatable bonds is 8. The van der Waals surface area contributed by atoms with Crippen molar-refractivity contribution in [1.82, 2.24) is 5.32 Å². The van der Waals surface area contributed by atoms with Gasteiger partial charge in [-0.3, -0.25) is 4.79 Å². The lowest BCUT2D eigenvalue weighted by molar-refractivity contribution is -0.142. The minimum Gasteiger partial charge on any atom is -0.464 e. The lowest BCUT2D eigenvalue weighted by Crippen LogP contribution is -2.22. The molecule has 0 radical (unpaired) electrons. The Hall–Kier alpha value is -0.870. The van der Waals surface area contributed by atoms with E-state index in [1.807, 2.05) is 17.5 Å². The molecule has 1 aromatic heterocycles. The van der Waals surface area contributed by atoms with Crippen LogP contribution in [-0.2, 0) is 16.0 Å². The van der Waals surface area contributed by atoms with Crippen molar-refractivity contribution in [2.24, 2.45) is 0 Å². The Morgan fingerprint density at radius 2 is 2.38 bits per heavy atom. The third kappa shape index (κ3) is 5.88. The molecule has 0 aliphatic rings. The molecule has 0 saturated carbocycles. The predicted molar refractivity (Wildman–Crippen MR) is 66.8 cm³/mol. The maximum atomic E-state index is 11.4. The van der Waals surface area contributed by atoms with Crippen LogP contribution in [0.4, 0.5) is 0 Å². The number of carbonyl (C=O) groups is 1. The second kappa shape index (κ2) is 8.30. The molecule has 1 N–H and O–H groups in total. The summed E-state index contributed by atoms with van der Waals surface area (Å²) < 4.78 is 5.10. The molecule has 0 atom stereocenters. The van der Waals surface area contributed by atoms with E-state index in [1.54, 1.807) is 11.3 Å². The summed E-state index contributed by atoms with van der Waals surface area (Å²) in [6, 6.07) is 3.89. The molecule has 90 valence electrons. The molecular formula is C12H19NO2S. The summed E-state index contributed by atoms with van der Waals surface area (Å²) in [6.07, 6.45) is 2.75. The largest absolute Gasteiger partial charge is 0.464 e. The molecule has 16 heavy (non-hydrogen) atoms. The zero-order chi connectivity index (χ0) is 11.6. The molecule has 0 aromatic carbocycles. The van der Waals surface area contributed by atoms with Crippen molar-refractivity contribution < 1.29 is 9.53 Å². The molecular weight excluding hydrogens is 222 g/mol. The van der Waals surface area contributed by atoms with Gasteiger partial charge < -0.3 is 10.1 Å². The SMILES string of the molecule is CCCCNCCOC(=O)Cc1cccs1. The number of esters is 1. The van der Waals surface area contributed by atoms with Crippen LogP contribution in [0.1, 0.15) is 24.6 Å². The smallest absolute Gasteiger partial charge is 0.311 e. The monoisotopic (exact) mass is 241 g/mol. The third-order valence-electron chi connectivity index (χ3n) is 2.15. The number of thiophene rings is 1. The Morgan fingerprint density at radius 3 is 3.06 bits per heavy atom. The maximum absolute atomic E-state index is 11.4. The Morgan fingerprint density at radius 1 is 1.50 bits per heavy atom. The summed E-state index contributed by atoms with van der Waals surface area (Å²) >= 11 is 1.59. The summed E-state index contributed by atoms with van der Waals surface area (Å²) in [5, 5.41) is 5.19. The van der Waals surface area contributed by atoms with Crippen LogP contribution in [0.15, 0.2) is 17.5 Å². The second-order valence-corrected chi connectivity index (χ2v) is 4.61. The van der Waals surface area contributed by atoms with E-state index in [2.05, 4.69) is 12.2 Å². The van der Waals surface area contributed by atoms with Crippen LogP contribution >= 0.6 is 11.3 Å². The number of unbranched alkanes of at least 4 members (excludes halogenated alkanes) is 1. The quantitative estimate of drug-likeness (QED) is 0.560. The first-order valence-electron chi connectivity index (χ1n) is 5.71. The van der Waals surface area contributed by atoms with Gasteiger partial charge in [-0.15, -0.1) is 11.3 Å². The summed E-state index contributed by atoms with van der Waals surface area (Å²) in [4.78, 5) is 12.4. The molecule has 1 rings (SSSR count). The van der Waals surface area contributed by atoms with Crippen LogP contribution in [0.2, 0.25) is 0 Å². The highest BCUT2D eigenvalue weighted by atomic mass is 32.1. The highest BCUT2D eigenvalue weighted by Gasteiger charge is 2.04. The number of hydrogen-bond donors (Lipinski definition) is 1. The number of carbonyl (C=O) groups excluding carboxylic acids is 1. The fourth-order valence-electron chi connectivity index (χ4n) is 1.27. The Bertz CT molecular complexity index is 285. The minimum atomic E-state index is -0.139. The Kier molecular flexibility index (Phi) is 6.85. The first-order chi connectivity index (χ1) is 7.83. The van der Waals surface area contributed by atoms with E-state index in [0.717, 1.165) is 18.0 Å². The summed E-state index contributed by atoms with van der Waals surface area (Å²) in [7, 11) is 0. The van der Waals surface area contributed by atoms with E-state index in [-0.39, 0.29) is 5.97 Å². The number of ether oxygens (including phenoxy) is 1. The highest BCUT2D eigenvalue weighted by molar-refractivity contribution is 7.10. The molecule has 4 heteroatoms. The van der Waals surface area contributed by atoms with E-state index < -0.39 is 0 Å². The van der Waals surface area contributed by atoms with Crippen LogP contribution in [0.3, 0.4) is 0 Å². The van der Waals surface area contributed by atoms with Gasteiger partial charge in [0.15, 0.2) is 0 Å². The standard InChI is InChI=1S/C12H19NO2S/c1-2-3-6-13-7-8-15-12(14)10-11-5-4-9-16-11/h4-5,9,13H,2-3,6-8,10H2,1H3. The summed E-state index contributed by atoms with van der Waals surface area (Å²) in [5.41, 5.74) is 0. The van der Waals surface area contributed by atoms with E-state index in [4.69, 9.17) is 4.74 Å². The Balaban J connectivity index is 1.98. The first kappa shape index (κ1) is 13.2. The maximum Gasteiger partial charge on any atom is 0.311 e. The van der Waals surface area contributed by atoms with Gasteiger partial charge >= 0.3 is 5.97 Å². The lowest BCUT2D eigenvalue weighted by atomic mass is 10.3. The van der Waals surface area contributed by atoms with E-state index >= 15 is 0 Å². The van der Waals surface area contributed by atoms with Gasteiger partial charge in [0.2, 0.25) is 0 Å². The molecule has 0 saturated heterocycles. The summed E-state index contributed by atoms with van der Waals surface area (Å²) in [5.74, 6) is -0.139. The molecule has 1 aromatic rings. The van der Waals surface area contributed by atoms with Gasteiger partial charge in [-0.1, -0.05) is 19.4 Å². The van der Waals surface area contributed by atoms with Gasteiger partial charge in [0.05, 0.1) is 6.42 Å². The van der Waals surface area contributed by atoms with Crippen LogP contribution < -0.4 is 5.32 Å². The van der Waals surface area contributed by atoms with Gasteiger partial charge in [0.25, 0.3) is 0 Å². The van der Waals surface area contributed by atoms with Crippen molar-refractivity contribution in [3.05, 3.63) is 22.4 Å².